The third-order valence-electron chi connectivity index (χ3n) is 5.21. The summed E-state index contributed by atoms with van der Waals surface area (Å²) in [6, 6.07) is 13.3. The molecule has 0 bridgehead atoms. The molecule has 2 aromatic carbocycles. The van der Waals surface area contributed by atoms with E-state index in [9.17, 15) is 19.7 Å². The van der Waals surface area contributed by atoms with Crippen LogP contribution in [-0.2, 0) is 20.9 Å². The molecule has 0 N–H and O–H groups in total. The first-order valence-corrected chi connectivity index (χ1v) is 9.32. The predicted octanol–water partition coefficient (Wildman–Crippen LogP) is 3.57. The molecule has 1 aliphatic heterocycles. The average Bonchev–Trinajstić information content (AvgIpc) is 2.76. The van der Waals surface area contributed by atoms with Crippen molar-refractivity contribution in [2.75, 3.05) is 14.2 Å². The maximum atomic E-state index is 13.0. The molecule has 8 nitrogen and oxygen atoms in total. The normalized spacial score (nSPS) is 16.4. The molecule has 1 unspecified atom stereocenters. The van der Waals surface area contributed by atoms with Crippen LogP contribution in [0, 0.1) is 10.1 Å². The summed E-state index contributed by atoms with van der Waals surface area (Å²) in [6.45, 7) is 1.98. The molecule has 0 radical (unpaired) electrons. The standard InChI is InChI=1S/C22H22N2O6/c1-14-21(22(26)30-3)19(16-5-4-6-17(11-16)24(27)28)12-20(25)23(14)13-15-7-9-18(29-2)10-8-15/h4-11,19H,12-13H2,1-3H3. The smallest absolute Gasteiger partial charge is 0.336 e. The molecule has 156 valence electrons. The molecule has 1 atom stereocenters. The number of non-ortho nitro benzene ring substituents is 1. The van der Waals surface area contributed by atoms with Gasteiger partial charge in [0.05, 0.1) is 31.3 Å². The first-order chi connectivity index (χ1) is 14.3. The van der Waals surface area contributed by atoms with E-state index in [2.05, 4.69) is 0 Å². The molecule has 30 heavy (non-hydrogen) atoms. The molecular weight excluding hydrogens is 388 g/mol. The van der Waals surface area contributed by atoms with Crippen molar-refractivity contribution in [1.82, 2.24) is 4.90 Å². The Labute approximate surface area is 173 Å². The molecule has 0 saturated heterocycles. The molecule has 3 rings (SSSR count). The fourth-order valence-corrected chi connectivity index (χ4v) is 3.63. The van der Waals surface area contributed by atoms with Gasteiger partial charge < -0.3 is 14.4 Å². The number of nitrogens with zero attached hydrogens (tertiary/aromatic N) is 2. The number of nitro groups is 1. The van der Waals surface area contributed by atoms with Crippen molar-refractivity contribution >= 4 is 17.6 Å². The number of hydrogen-bond acceptors (Lipinski definition) is 6. The molecule has 1 aliphatic rings. The summed E-state index contributed by atoms with van der Waals surface area (Å²) < 4.78 is 10.1. The molecule has 1 amide bonds. The number of hydrogen-bond donors (Lipinski definition) is 0. The average molecular weight is 410 g/mol. The Morgan fingerprint density at radius 3 is 2.50 bits per heavy atom. The maximum Gasteiger partial charge on any atom is 0.336 e. The Morgan fingerprint density at radius 1 is 1.20 bits per heavy atom. The minimum absolute atomic E-state index is 0.0130. The monoisotopic (exact) mass is 410 g/mol. The van der Waals surface area contributed by atoms with E-state index in [-0.39, 0.29) is 24.6 Å². The molecule has 1 heterocycles. The van der Waals surface area contributed by atoms with Crippen molar-refractivity contribution in [1.29, 1.82) is 0 Å². The van der Waals surface area contributed by atoms with E-state index in [1.807, 2.05) is 12.1 Å². The van der Waals surface area contributed by atoms with Crippen molar-refractivity contribution in [2.45, 2.75) is 25.8 Å². The van der Waals surface area contributed by atoms with Crippen LogP contribution in [0.25, 0.3) is 0 Å². The summed E-state index contributed by atoms with van der Waals surface area (Å²) in [5.74, 6) is -0.641. The predicted molar refractivity (Wildman–Crippen MR) is 109 cm³/mol. The van der Waals surface area contributed by atoms with Gasteiger partial charge in [-0.2, -0.15) is 0 Å². The SMILES string of the molecule is COC(=O)C1=C(C)N(Cc2ccc(OC)cc2)C(=O)CC1c1cccc([N+](=O)[O-])c1. The molecular formula is C22H22N2O6. The van der Waals surface area contributed by atoms with Crippen molar-refractivity contribution in [3.05, 3.63) is 81.0 Å². The van der Waals surface area contributed by atoms with Crippen LogP contribution in [0.3, 0.4) is 0 Å². The number of esters is 1. The third kappa shape index (κ3) is 4.17. The highest BCUT2D eigenvalue weighted by molar-refractivity contribution is 5.95. The molecule has 0 fully saturated rings. The summed E-state index contributed by atoms with van der Waals surface area (Å²) in [4.78, 5) is 37.8. The number of carbonyl (C=O) groups excluding carboxylic acids is 2. The van der Waals surface area contributed by atoms with Crippen LogP contribution in [0.4, 0.5) is 5.69 Å². The van der Waals surface area contributed by atoms with Crippen LogP contribution in [0.2, 0.25) is 0 Å². The highest BCUT2D eigenvalue weighted by Gasteiger charge is 2.37. The van der Waals surface area contributed by atoms with Gasteiger partial charge in [0, 0.05) is 30.2 Å². The lowest BCUT2D eigenvalue weighted by Crippen LogP contribution is -2.37. The number of carbonyl (C=O) groups is 2. The quantitative estimate of drug-likeness (QED) is 0.410. The highest BCUT2D eigenvalue weighted by atomic mass is 16.6. The number of allylic oxidation sites excluding steroid dienone is 1. The number of amides is 1. The molecule has 0 spiro atoms. The van der Waals surface area contributed by atoms with Crippen molar-refractivity contribution in [2.24, 2.45) is 0 Å². The van der Waals surface area contributed by atoms with E-state index in [0.29, 0.717) is 22.6 Å². The second kappa shape index (κ2) is 8.77. The van der Waals surface area contributed by atoms with Crippen molar-refractivity contribution in [3.63, 3.8) is 0 Å². The Balaban J connectivity index is 2.01. The van der Waals surface area contributed by atoms with Crippen molar-refractivity contribution < 1.29 is 24.0 Å². The minimum Gasteiger partial charge on any atom is -0.497 e. The number of nitro benzene ring substituents is 1. The van der Waals surface area contributed by atoms with Gasteiger partial charge in [0.15, 0.2) is 0 Å². The topological polar surface area (TPSA) is 99.0 Å². The largest absolute Gasteiger partial charge is 0.497 e. The fraction of sp³-hybridized carbons (Fsp3) is 0.273. The summed E-state index contributed by atoms with van der Waals surface area (Å²) in [5.41, 5.74) is 2.11. The Hall–Kier alpha value is -3.68. The van der Waals surface area contributed by atoms with E-state index < -0.39 is 16.8 Å². The van der Waals surface area contributed by atoms with Gasteiger partial charge in [-0.25, -0.2) is 4.79 Å². The first-order valence-electron chi connectivity index (χ1n) is 9.32. The summed E-state index contributed by atoms with van der Waals surface area (Å²) in [7, 11) is 2.85. The number of methoxy groups -OCH3 is 2. The summed E-state index contributed by atoms with van der Waals surface area (Å²) in [5, 5.41) is 11.2. The van der Waals surface area contributed by atoms with Crippen LogP contribution in [0.15, 0.2) is 59.8 Å². The molecule has 8 heteroatoms. The third-order valence-corrected chi connectivity index (χ3v) is 5.21. The van der Waals surface area contributed by atoms with E-state index in [0.717, 1.165) is 5.56 Å². The zero-order valence-electron chi connectivity index (χ0n) is 17.0. The first kappa shape index (κ1) is 21.0. The van der Waals surface area contributed by atoms with Gasteiger partial charge in [-0.15, -0.1) is 0 Å². The Morgan fingerprint density at radius 2 is 1.90 bits per heavy atom. The second-order valence-corrected chi connectivity index (χ2v) is 6.93. The minimum atomic E-state index is -0.614. The van der Waals surface area contributed by atoms with Crippen LogP contribution < -0.4 is 4.74 Å². The zero-order chi connectivity index (χ0) is 21.8. The summed E-state index contributed by atoms with van der Waals surface area (Å²) >= 11 is 0. The lowest BCUT2D eigenvalue weighted by Gasteiger charge is -2.34. The molecule has 0 aliphatic carbocycles. The molecule has 0 saturated carbocycles. The van der Waals surface area contributed by atoms with Crippen LogP contribution in [0.1, 0.15) is 30.4 Å². The molecule has 2 aromatic rings. The second-order valence-electron chi connectivity index (χ2n) is 6.93. The number of benzene rings is 2. The van der Waals surface area contributed by atoms with E-state index in [4.69, 9.17) is 9.47 Å². The lowest BCUT2D eigenvalue weighted by atomic mass is 9.83. The van der Waals surface area contributed by atoms with Crippen LogP contribution in [0.5, 0.6) is 5.75 Å². The highest BCUT2D eigenvalue weighted by Crippen LogP contribution is 2.38. The van der Waals surface area contributed by atoms with Gasteiger partial charge in [0.1, 0.15) is 5.75 Å². The number of ether oxygens (including phenoxy) is 2. The van der Waals surface area contributed by atoms with E-state index in [1.54, 1.807) is 43.2 Å². The fourth-order valence-electron chi connectivity index (χ4n) is 3.63. The van der Waals surface area contributed by atoms with E-state index >= 15 is 0 Å². The van der Waals surface area contributed by atoms with Gasteiger partial charge in [-0.3, -0.25) is 14.9 Å². The maximum absolute atomic E-state index is 13.0. The van der Waals surface area contributed by atoms with Crippen molar-refractivity contribution in [3.8, 4) is 5.75 Å². The van der Waals surface area contributed by atoms with Gasteiger partial charge in [0.25, 0.3) is 5.69 Å². The number of rotatable bonds is 6. The Kier molecular flexibility index (Phi) is 6.15. The zero-order valence-corrected chi connectivity index (χ0v) is 17.0. The van der Waals surface area contributed by atoms with E-state index in [1.165, 1.54) is 19.2 Å². The summed E-state index contributed by atoms with van der Waals surface area (Å²) in [6.07, 6.45) is 0.0130. The van der Waals surface area contributed by atoms with Gasteiger partial charge in [-0.05, 0) is 30.2 Å². The van der Waals surface area contributed by atoms with Gasteiger partial charge in [0.2, 0.25) is 5.91 Å². The Bertz CT molecular complexity index is 1010. The molecule has 0 aromatic heterocycles. The van der Waals surface area contributed by atoms with Gasteiger partial charge >= 0.3 is 5.97 Å². The van der Waals surface area contributed by atoms with Crippen LogP contribution in [-0.4, -0.2) is 35.9 Å². The lowest BCUT2D eigenvalue weighted by molar-refractivity contribution is -0.384. The van der Waals surface area contributed by atoms with Crippen LogP contribution >= 0.6 is 0 Å². The van der Waals surface area contributed by atoms with Gasteiger partial charge in [-0.1, -0.05) is 24.3 Å².